The van der Waals surface area contributed by atoms with Crippen molar-refractivity contribution in [1.82, 2.24) is 25.4 Å². The van der Waals surface area contributed by atoms with Crippen molar-refractivity contribution in [3.8, 4) is 0 Å². The van der Waals surface area contributed by atoms with Gasteiger partial charge in [-0.3, -0.25) is 49.0 Å². The van der Waals surface area contributed by atoms with Crippen LogP contribution < -0.4 is 32.8 Å². The fourth-order valence-electron chi connectivity index (χ4n) is 6.75. The third-order valence-electron chi connectivity index (χ3n) is 9.24. The van der Waals surface area contributed by atoms with E-state index in [1.54, 1.807) is 36.4 Å². The Morgan fingerprint density at radius 2 is 1.25 bits per heavy atom. The van der Waals surface area contributed by atoms with E-state index in [1.807, 2.05) is 0 Å². The maximum absolute atomic E-state index is 13.1. The molecule has 4 heterocycles. The van der Waals surface area contributed by atoms with Gasteiger partial charge in [-0.05, 0) is 49.9 Å². The number of nitrogens with zero attached hydrogens (tertiary/aromatic N) is 3. The van der Waals surface area contributed by atoms with E-state index in [4.69, 9.17) is 11.6 Å². The molecule has 51 heavy (non-hydrogen) atoms. The number of nitrogens with one attached hydrogen (secondary N) is 4. The van der Waals surface area contributed by atoms with Crippen LogP contribution in [0.5, 0.6) is 0 Å². The third-order valence-corrected chi connectivity index (χ3v) is 9.24. The van der Waals surface area contributed by atoms with Gasteiger partial charge in [-0.15, -0.1) is 0 Å². The highest BCUT2D eigenvalue weighted by atomic mass is 16.2. The van der Waals surface area contributed by atoms with Crippen LogP contribution in [-0.4, -0.2) is 80.7 Å². The number of carbonyl (C=O) groups excluding carboxylic acids is 8. The van der Waals surface area contributed by atoms with Crippen molar-refractivity contribution in [2.24, 2.45) is 11.6 Å². The second-order valence-electron chi connectivity index (χ2n) is 12.8. The van der Waals surface area contributed by atoms with E-state index >= 15 is 0 Å². The number of benzene rings is 2. The SMILES string of the molecule is N/C(=C\N(N)CC(=O)Nc1cccc2c1CN(C1CCC(=O)NC1=O)C2=O)CCCC(=O)Nc1cccc2c1CN(C1CCC(=O)NC1=O)C2=O. The Morgan fingerprint density at radius 1 is 0.765 bits per heavy atom. The third kappa shape index (κ3) is 7.42. The molecular weight excluding hydrogens is 662 g/mol. The molecule has 266 valence electrons. The molecule has 4 aliphatic rings. The van der Waals surface area contributed by atoms with Crippen LogP contribution in [-0.2, 0) is 41.9 Å². The minimum absolute atomic E-state index is 0.0926. The summed E-state index contributed by atoms with van der Waals surface area (Å²) in [4.78, 5) is 102. The van der Waals surface area contributed by atoms with Crippen LogP contribution >= 0.6 is 0 Å². The van der Waals surface area contributed by atoms with E-state index in [0.29, 0.717) is 52.2 Å². The minimum Gasteiger partial charge on any atom is -0.401 e. The van der Waals surface area contributed by atoms with Gasteiger partial charge in [-0.2, -0.15) is 0 Å². The van der Waals surface area contributed by atoms with Crippen molar-refractivity contribution >= 4 is 58.6 Å². The lowest BCUT2D eigenvalue weighted by Crippen LogP contribution is -2.52. The van der Waals surface area contributed by atoms with Gasteiger partial charge in [0.2, 0.25) is 35.4 Å². The minimum atomic E-state index is -0.785. The molecule has 2 atom stereocenters. The van der Waals surface area contributed by atoms with Crippen LogP contribution in [0, 0.1) is 0 Å². The molecule has 6 rings (SSSR count). The summed E-state index contributed by atoms with van der Waals surface area (Å²) < 4.78 is 0. The number of imide groups is 2. The number of rotatable bonds is 11. The highest BCUT2D eigenvalue weighted by Crippen LogP contribution is 2.34. The fourth-order valence-corrected chi connectivity index (χ4v) is 6.75. The smallest absolute Gasteiger partial charge is 0.255 e. The molecule has 0 saturated carbocycles. The molecule has 8 amide bonds. The number of carbonyl (C=O) groups is 8. The van der Waals surface area contributed by atoms with Crippen molar-refractivity contribution in [2.75, 3.05) is 17.2 Å². The number of hydrogen-bond acceptors (Lipinski definition) is 11. The molecule has 0 radical (unpaired) electrons. The van der Waals surface area contributed by atoms with Gasteiger partial charge in [0.15, 0.2) is 0 Å². The molecule has 0 aromatic heterocycles. The van der Waals surface area contributed by atoms with Crippen LogP contribution in [0.4, 0.5) is 11.4 Å². The Kier molecular flexibility index (Phi) is 9.81. The van der Waals surface area contributed by atoms with Crippen molar-refractivity contribution in [1.29, 1.82) is 0 Å². The summed E-state index contributed by atoms with van der Waals surface area (Å²) in [6, 6.07) is 8.29. The molecule has 0 bridgehead atoms. The van der Waals surface area contributed by atoms with Crippen molar-refractivity contribution < 1.29 is 38.4 Å². The number of anilines is 2. The highest BCUT2D eigenvalue weighted by Gasteiger charge is 2.41. The summed E-state index contributed by atoms with van der Waals surface area (Å²) in [5.41, 5.74) is 9.19. The maximum Gasteiger partial charge on any atom is 0.255 e. The molecule has 0 aliphatic carbocycles. The van der Waals surface area contributed by atoms with Crippen LogP contribution in [0.3, 0.4) is 0 Å². The zero-order valence-electron chi connectivity index (χ0n) is 27.5. The van der Waals surface area contributed by atoms with Gasteiger partial charge in [0.05, 0.1) is 0 Å². The summed E-state index contributed by atoms with van der Waals surface area (Å²) in [5.74, 6) is 2.73. The maximum atomic E-state index is 13.1. The number of allylic oxidation sites excluding steroid dienone is 1. The van der Waals surface area contributed by atoms with E-state index in [0.717, 1.165) is 5.01 Å². The number of hydrazine groups is 1. The van der Waals surface area contributed by atoms with Gasteiger partial charge in [0.25, 0.3) is 11.8 Å². The summed E-state index contributed by atoms with van der Waals surface area (Å²) in [6.07, 6.45) is 2.86. The van der Waals surface area contributed by atoms with Crippen molar-refractivity contribution in [2.45, 2.75) is 70.1 Å². The first-order valence-corrected chi connectivity index (χ1v) is 16.5. The molecule has 17 nitrogen and oxygen atoms in total. The Labute approximate surface area is 291 Å². The lowest BCUT2D eigenvalue weighted by Gasteiger charge is -2.29. The zero-order valence-corrected chi connectivity index (χ0v) is 27.5. The summed E-state index contributed by atoms with van der Waals surface area (Å²) >= 11 is 0. The Morgan fingerprint density at radius 3 is 1.75 bits per heavy atom. The molecule has 2 fully saturated rings. The molecule has 2 saturated heterocycles. The van der Waals surface area contributed by atoms with Gasteiger partial charge in [-0.25, -0.2) is 5.84 Å². The van der Waals surface area contributed by atoms with Crippen LogP contribution in [0.15, 0.2) is 48.3 Å². The second-order valence-corrected chi connectivity index (χ2v) is 12.8. The highest BCUT2D eigenvalue weighted by molar-refractivity contribution is 6.08. The standard InChI is InChI=1S/C34H37N9O8/c35-18(4-1-9-27(44)37-23-7-2-5-19-21(23)15-42(33(19)50)25-10-12-28(45)39-31(25)48)14-41(36)17-30(47)38-24-8-3-6-20-22(24)16-43(34(20)51)26-11-13-29(46)40-32(26)49/h2-3,5-8,14,25-26H,1,4,9-13,15-17,35-36H2,(H,37,44)(H,38,47)(H,39,45,48)(H,40,46,49)/b18-14-. The Bertz CT molecular complexity index is 1890. The van der Waals surface area contributed by atoms with E-state index in [2.05, 4.69) is 21.3 Å². The van der Waals surface area contributed by atoms with Gasteiger partial charge >= 0.3 is 0 Å². The average molecular weight is 700 g/mol. The number of hydrogen-bond donors (Lipinski definition) is 6. The van der Waals surface area contributed by atoms with Gasteiger partial charge in [0.1, 0.15) is 18.6 Å². The van der Waals surface area contributed by atoms with Gasteiger partial charge in [-0.1, -0.05) is 12.1 Å². The molecule has 2 aromatic carbocycles. The van der Waals surface area contributed by atoms with E-state index in [-0.39, 0.29) is 81.3 Å². The number of fused-ring (bicyclic) bond motifs is 2. The first-order valence-electron chi connectivity index (χ1n) is 16.5. The topological polar surface area (TPSA) is 246 Å². The van der Waals surface area contributed by atoms with Gasteiger partial charge in [0, 0.05) is 77.9 Å². The zero-order chi connectivity index (χ0) is 36.4. The Hall–Kier alpha value is -6.10. The van der Waals surface area contributed by atoms with E-state index in [1.165, 1.54) is 16.0 Å². The largest absolute Gasteiger partial charge is 0.401 e. The monoisotopic (exact) mass is 699 g/mol. The number of piperidine rings is 2. The summed E-state index contributed by atoms with van der Waals surface area (Å²) in [6.45, 7) is -0.0587. The summed E-state index contributed by atoms with van der Waals surface area (Å²) in [5, 5.41) is 11.2. The fraction of sp³-hybridized carbons (Fsp3) is 0.353. The summed E-state index contributed by atoms with van der Waals surface area (Å²) in [7, 11) is 0. The molecule has 2 aromatic rings. The molecule has 4 aliphatic heterocycles. The van der Waals surface area contributed by atoms with E-state index in [9.17, 15) is 38.4 Å². The van der Waals surface area contributed by atoms with Gasteiger partial charge < -0.3 is 31.2 Å². The molecule has 17 heteroatoms. The molecular formula is C34H37N9O8. The second kappa shape index (κ2) is 14.4. The number of amides is 8. The average Bonchev–Trinajstić information content (AvgIpc) is 3.58. The van der Waals surface area contributed by atoms with Crippen molar-refractivity contribution in [3.05, 3.63) is 70.5 Å². The lowest BCUT2D eigenvalue weighted by atomic mass is 10.0. The normalized spacial score (nSPS) is 20.1. The predicted molar refractivity (Wildman–Crippen MR) is 179 cm³/mol. The number of nitrogens with two attached hydrogens (primary N) is 2. The molecule has 8 N–H and O–H groups in total. The van der Waals surface area contributed by atoms with E-state index < -0.39 is 29.8 Å². The van der Waals surface area contributed by atoms with Crippen LogP contribution in [0.1, 0.15) is 76.8 Å². The first-order chi connectivity index (χ1) is 24.4. The quantitative estimate of drug-likeness (QED) is 0.103. The molecule has 0 spiro atoms. The van der Waals surface area contributed by atoms with Crippen LogP contribution in [0.25, 0.3) is 0 Å². The Balaban J connectivity index is 0.969. The molecule has 2 unspecified atom stereocenters. The van der Waals surface area contributed by atoms with Crippen LogP contribution in [0.2, 0.25) is 0 Å². The van der Waals surface area contributed by atoms with Crippen molar-refractivity contribution in [3.63, 3.8) is 0 Å². The predicted octanol–water partition coefficient (Wildman–Crippen LogP) is -0.0681. The first kappa shape index (κ1) is 34.8. The lowest BCUT2D eigenvalue weighted by molar-refractivity contribution is -0.138.